The number of hydrogen-bond donors (Lipinski definition) is 2. The lowest BCUT2D eigenvalue weighted by Gasteiger charge is -2.11. The van der Waals surface area contributed by atoms with E-state index in [0.29, 0.717) is 6.42 Å². The highest BCUT2D eigenvalue weighted by Gasteiger charge is 2.17. The van der Waals surface area contributed by atoms with E-state index in [4.69, 9.17) is 5.11 Å². The third-order valence-corrected chi connectivity index (χ3v) is 3.17. The molecule has 4 nitrogen and oxygen atoms in total. The van der Waals surface area contributed by atoms with E-state index in [1.165, 1.54) is 11.8 Å². The van der Waals surface area contributed by atoms with Crippen molar-refractivity contribution in [1.29, 1.82) is 0 Å². The van der Waals surface area contributed by atoms with Crippen molar-refractivity contribution in [2.45, 2.75) is 24.3 Å². The molecule has 0 spiro atoms. The first-order chi connectivity index (χ1) is 8.13. The van der Waals surface area contributed by atoms with E-state index >= 15 is 0 Å². The number of amides is 1. The average molecular weight is 253 g/mol. The maximum atomic E-state index is 11.5. The number of carboxylic acid groups (broad SMARTS) is 1. The summed E-state index contributed by atoms with van der Waals surface area (Å²) < 4.78 is 0. The summed E-state index contributed by atoms with van der Waals surface area (Å²) in [6.45, 7) is 1.73. The number of benzene rings is 1. The van der Waals surface area contributed by atoms with Gasteiger partial charge in [-0.3, -0.25) is 4.79 Å². The number of rotatable bonds is 6. The topological polar surface area (TPSA) is 66.4 Å². The normalized spacial score (nSPS) is 11.8. The van der Waals surface area contributed by atoms with Crippen LogP contribution >= 0.6 is 11.8 Å². The molecule has 1 atom stereocenters. The fourth-order valence-corrected chi connectivity index (χ4v) is 1.97. The van der Waals surface area contributed by atoms with Crippen LogP contribution in [0, 0.1) is 0 Å². The molecule has 0 radical (unpaired) electrons. The highest BCUT2D eigenvalue weighted by Crippen LogP contribution is 2.16. The van der Waals surface area contributed by atoms with Crippen LogP contribution in [0.5, 0.6) is 0 Å². The summed E-state index contributed by atoms with van der Waals surface area (Å²) in [5, 5.41) is 11.3. The Hall–Kier alpha value is -1.49. The van der Waals surface area contributed by atoms with Gasteiger partial charge in [0.15, 0.2) is 0 Å². The third-order valence-electron chi connectivity index (χ3n) is 2.15. The number of thioether (sulfide) groups is 1. The first kappa shape index (κ1) is 13.6. The van der Waals surface area contributed by atoms with Gasteiger partial charge < -0.3 is 10.4 Å². The molecule has 0 bridgehead atoms. The maximum Gasteiger partial charge on any atom is 0.326 e. The molecule has 0 aliphatic rings. The molecule has 0 aliphatic heterocycles. The Balaban J connectivity index is 2.37. The van der Waals surface area contributed by atoms with E-state index in [-0.39, 0.29) is 11.7 Å². The third kappa shape index (κ3) is 4.91. The monoisotopic (exact) mass is 253 g/mol. The van der Waals surface area contributed by atoms with E-state index in [1.807, 2.05) is 30.3 Å². The summed E-state index contributed by atoms with van der Waals surface area (Å²) in [6.07, 6.45) is 0.386. The van der Waals surface area contributed by atoms with Crippen molar-refractivity contribution in [3.63, 3.8) is 0 Å². The van der Waals surface area contributed by atoms with Crippen LogP contribution in [-0.2, 0) is 9.59 Å². The average Bonchev–Trinajstić information content (AvgIpc) is 2.34. The van der Waals surface area contributed by atoms with Crippen LogP contribution < -0.4 is 5.32 Å². The highest BCUT2D eigenvalue weighted by molar-refractivity contribution is 8.00. The van der Waals surface area contributed by atoms with Gasteiger partial charge in [-0.05, 0) is 18.6 Å². The van der Waals surface area contributed by atoms with Gasteiger partial charge >= 0.3 is 5.97 Å². The Morgan fingerprint density at radius 1 is 1.35 bits per heavy atom. The van der Waals surface area contributed by atoms with Gasteiger partial charge in [-0.15, -0.1) is 11.8 Å². The molecule has 17 heavy (non-hydrogen) atoms. The zero-order valence-corrected chi connectivity index (χ0v) is 10.4. The van der Waals surface area contributed by atoms with Gasteiger partial charge in [0.2, 0.25) is 5.91 Å². The highest BCUT2D eigenvalue weighted by atomic mass is 32.2. The Morgan fingerprint density at radius 2 is 2.00 bits per heavy atom. The maximum absolute atomic E-state index is 11.5. The lowest BCUT2D eigenvalue weighted by Crippen LogP contribution is -2.41. The molecule has 0 saturated heterocycles. The van der Waals surface area contributed by atoms with E-state index in [2.05, 4.69) is 5.32 Å². The van der Waals surface area contributed by atoms with Crippen LogP contribution in [-0.4, -0.2) is 28.8 Å². The number of carboxylic acids is 1. The molecule has 0 fully saturated rings. The lowest BCUT2D eigenvalue weighted by atomic mass is 10.2. The molecule has 0 aromatic heterocycles. The van der Waals surface area contributed by atoms with Crippen LogP contribution in [0.2, 0.25) is 0 Å². The van der Waals surface area contributed by atoms with Crippen LogP contribution in [0.1, 0.15) is 13.3 Å². The van der Waals surface area contributed by atoms with Crippen molar-refractivity contribution in [3.8, 4) is 0 Å². The van der Waals surface area contributed by atoms with E-state index in [0.717, 1.165) is 4.90 Å². The molecule has 5 heteroatoms. The molecule has 1 aromatic rings. The molecule has 0 heterocycles. The minimum atomic E-state index is -0.995. The Bertz CT molecular complexity index is 381. The Morgan fingerprint density at radius 3 is 2.53 bits per heavy atom. The number of aliphatic carboxylic acids is 1. The van der Waals surface area contributed by atoms with Crippen molar-refractivity contribution in [3.05, 3.63) is 30.3 Å². The van der Waals surface area contributed by atoms with Crippen molar-refractivity contribution >= 4 is 23.6 Å². The van der Waals surface area contributed by atoms with Crippen molar-refractivity contribution in [2.24, 2.45) is 0 Å². The van der Waals surface area contributed by atoms with Gasteiger partial charge in [0.25, 0.3) is 0 Å². The quantitative estimate of drug-likeness (QED) is 0.758. The second kappa shape index (κ2) is 6.96. The molecule has 1 amide bonds. The van der Waals surface area contributed by atoms with Gasteiger partial charge in [0.1, 0.15) is 6.04 Å². The largest absolute Gasteiger partial charge is 0.480 e. The number of carbonyl (C=O) groups excluding carboxylic acids is 1. The van der Waals surface area contributed by atoms with E-state index in [9.17, 15) is 9.59 Å². The van der Waals surface area contributed by atoms with Crippen molar-refractivity contribution < 1.29 is 14.7 Å². The minimum absolute atomic E-state index is 0.230. The summed E-state index contributed by atoms with van der Waals surface area (Å²) >= 11 is 1.39. The number of carbonyl (C=O) groups is 2. The lowest BCUT2D eigenvalue weighted by molar-refractivity contribution is -0.141. The predicted molar refractivity (Wildman–Crippen MR) is 67.0 cm³/mol. The zero-order valence-electron chi connectivity index (χ0n) is 9.55. The molecule has 1 aromatic carbocycles. The molecule has 1 rings (SSSR count). The second-order valence-corrected chi connectivity index (χ2v) is 4.52. The first-order valence-corrected chi connectivity index (χ1v) is 6.32. The second-order valence-electron chi connectivity index (χ2n) is 3.47. The van der Waals surface area contributed by atoms with E-state index in [1.54, 1.807) is 6.92 Å². The molecule has 0 saturated carbocycles. The first-order valence-electron chi connectivity index (χ1n) is 5.33. The summed E-state index contributed by atoms with van der Waals surface area (Å²) in [5.74, 6) is -1.02. The summed E-state index contributed by atoms with van der Waals surface area (Å²) in [7, 11) is 0. The molecule has 2 N–H and O–H groups in total. The number of hydrogen-bond acceptors (Lipinski definition) is 3. The SMILES string of the molecule is CC[C@@H](NC(=O)CSc1ccccc1)C(=O)O. The van der Waals surface area contributed by atoms with Gasteiger partial charge in [0, 0.05) is 4.90 Å². The van der Waals surface area contributed by atoms with Crippen LogP contribution in [0.15, 0.2) is 35.2 Å². The molecule has 0 unspecified atom stereocenters. The van der Waals surface area contributed by atoms with Crippen LogP contribution in [0.25, 0.3) is 0 Å². The Labute approximate surface area is 104 Å². The summed E-state index contributed by atoms with van der Waals surface area (Å²) in [6, 6.07) is 8.72. The summed E-state index contributed by atoms with van der Waals surface area (Å²) in [4.78, 5) is 23.2. The van der Waals surface area contributed by atoms with Crippen LogP contribution in [0.4, 0.5) is 0 Å². The Kier molecular flexibility index (Phi) is 5.56. The van der Waals surface area contributed by atoms with Gasteiger partial charge in [0.05, 0.1) is 5.75 Å². The number of nitrogens with one attached hydrogen (secondary N) is 1. The zero-order chi connectivity index (χ0) is 12.7. The molecular weight excluding hydrogens is 238 g/mol. The molecule has 0 aliphatic carbocycles. The fourth-order valence-electron chi connectivity index (χ4n) is 1.24. The summed E-state index contributed by atoms with van der Waals surface area (Å²) in [5.41, 5.74) is 0. The van der Waals surface area contributed by atoms with Crippen molar-refractivity contribution in [1.82, 2.24) is 5.32 Å². The van der Waals surface area contributed by atoms with Gasteiger partial charge in [-0.25, -0.2) is 4.79 Å². The smallest absolute Gasteiger partial charge is 0.326 e. The standard InChI is InChI=1S/C12H15NO3S/c1-2-10(12(15)16)13-11(14)8-17-9-6-4-3-5-7-9/h3-7,10H,2,8H2,1H3,(H,13,14)(H,15,16)/t10-/m1/s1. The fraction of sp³-hybridized carbons (Fsp3) is 0.333. The van der Waals surface area contributed by atoms with Crippen molar-refractivity contribution in [2.75, 3.05) is 5.75 Å². The van der Waals surface area contributed by atoms with E-state index < -0.39 is 12.0 Å². The molecule has 92 valence electrons. The minimum Gasteiger partial charge on any atom is -0.480 e. The predicted octanol–water partition coefficient (Wildman–Crippen LogP) is 1.76. The van der Waals surface area contributed by atoms with Gasteiger partial charge in [-0.1, -0.05) is 25.1 Å². The van der Waals surface area contributed by atoms with Gasteiger partial charge in [-0.2, -0.15) is 0 Å². The molecular formula is C12H15NO3S. The van der Waals surface area contributed by atoms with Crippen LogP contribution in [0.3, 0.4) is 0 Å².